The fraction of sp³-hybridized carbons (Fsp3) is 0.318. The molecule has 3 aliphatic heterocycles. The van der Waals surface area contributed by atoms with Gasteiger partial charge in [-0.3, -0.25) is 25.0 Å². The average Bonchev–Trinajstić information content (AvgIpc) is 2.78. The van der Waals surface area contributed by atoms with Crippen molar-refractivity contribution >= 4 is 46.5 Å². The number of anilines is 2. The molecule has 3 heterocycles. The summed E-state index contributed by atoms with van der Waals surface area (Å²) in [6.45, 7) is 1.64. The van der Waals surface area contributed by atoms with Gasteiger partial charge in [-0.15, -0.1) is 0 Å². The number of barbiturate groups is 1. The number of benzene rings is 2. The van der Waals surface area contributed by atoms with E-state index in [4.69, 9.17) is 11.6 Å². The largest absolute Gasteiger partial charge is 0.364 e. The van der Waals surface area contributed by atoms with Crippen LogP contribution in [0.2, 0.25) is 5.02 Å². The van der Waals surface area contributed by atoms with Gasteiger partial charge in [-0.25, -0.2) is 9.69 Å². The van der Waals surface area contributed by atoms with E-state index in [-0.39, 0.29) is 17.8 Å². The van der Waals surface area contributed by atoms with Crippen molar-refractivity contribution in [2.75, 3.05) is 36.5 Å². The summed E-state index contributed by atoms with van der Waals surface area (Å²) in [5.74, 6) is -1.34. The lowest BCUT2D eigenvalue weighted by Gasteiger charge is -2.54. The number of urea groups is 1. The number of nitro groups is 1. The van der Waals surface area contributed by atoms with Crippen molar-refractivity contribution < 1.29 is 19.3 Å². The van der Waals surface area contributed by atoms with Crippen molar-refractivity contribution in [3.8, 4) is 0 Å². The number of likely N-dealkylation sites (N-methyl/N-ethyl adjacent to an activating group) is 1. The fourth-order valence-corrected chi connectivity index (χ4v) is 5.21. The van der Waals surface area contributed by atoms with E-state index >= 15 is 0 Å². The third-order valence-corrected chi connectivity index (χ3v) is 6.96. The van der Waals surface area contributed by atoms with Gasteiger partial charge in [0.05, 0.1) is 16.7 Å². The number of rotatable bonds is 2. The van der Waals surface area contributed by atoms with Crippen molar-refractivity contribution in [2.45, 2.75) is 12.5 Å². The van der Waals surface area contributed by atoms with Gasteiger partial charge in [-0.1, -0.05) is 11.6 Å². The molecule has 170 valence electrons. The number of fused-ring (bicyclic) bond motifs is 4. The maximum Gasteiger partial charge on any atom is 0.335 e. The number of nitrogens with one attached hydrogen (secondary N) is 1. The van der Waals surface area contributed by atoms with Crippen LogP contribution in [0.1, 0.15) is 5.56 Å². The van der Waals surface area contributed by atoms with Crippen molar-refractivity contribution in [3.05, 3.63) is 63.2 Å². The second-order valence-corrected chi connectivity index (χ2v) is 9.00. The molecule has 0 bridgehead atoms. The Labute approximate surface area is 193 Å². The number of carbonyl (C=O) groups excluding carboxylic acids is 3. The van der Waals surface area contributed by atoms with Crippen LogP contribution in [0.25, 0.3) is 0 Å². The minimum Gasteiger partial charge on any atom is -0.364 e. The van der Waals surface area contributed by atoms with Crippen molar-refractivity contribution in [1.29, 1.82) is 0 Å². The maximum absolute atomic E-state index is 14.0. The summed E-state index contributed by atoms with van der Waals surface area (Å²) in [7, 11) is 1.91. The zero-order valence-electron chi connectivity index (χ0n) is 17.7. The number of halogens is 1. The minimum atomic E-state index is -1.63. The normalized spacial score (nSPS) is 25.0. The Morgan fingerprint density at radius 3 is 2.55 bits per heavy atom. The highest BCUT2D eigenvalue weighted by Crippen LogP contribution is 2.47. The zero-order valence-corrected chi connectivity index (χ0v) is 18.4. The molecule has 1 N–H and O–H groups in total. The molecule has 2 aromatic rings. The molecule has 5 rings (SSSR count). The maximum atomic E-state index is 14.0. The second kappa shape index (κ2) is 7.53. The van der Waals surface area contributed by atoms with Crippen LogP contribution in [-0.2, 0) is 16.0 Å². The van der Waals surface area contributed by atoms with Crippen molar-refractivity contribution in [3.63, 3.8) is 0 Å². The van der Waals surface area contributed by atoms with E-state index in [1.807, 2.05) is 16.8 Å². The smallest absolute Gasteiger partial charge is 0.335 e. The number of amides is 4. The van der Waals surface area contributed by atoms with Crippen LogP contribution in [0.5, 0.6) is 0 Å². The predicted molar refractivity (Wildman–Crippen MR) is 120 cm³/mol. The van der Waals surface area contributed by atoms with Crippen molar-refractivity contribution in [1.82, 2.24) is 10.2 Å². The van der Waals surface area contributed by atoms with Crippen LogP contribution in [0.15, 0.2) is 42.5 Å². The van der Waals surface area contributed by atoms with E-state index in [2.05, 4.69) is 5.32 Å². The number of non-ortho nitro benzene ring substituents is 1. The van der Waals surface area contributed by atoms with Gasteiger partial charge in [0.15, 0.2) is 5.41 Å². The third kappa shape index (κ3) is 3.17. The standard InChI is InChI=1S/C22H20ClN5O5/c1-25-8-9-26-17-7-6-16(28(32)33)10-13(17)11-22(18(26)12-25)19(29)24-21(31)27(20(22)30)15-4-2-14(23)3-5-15/h2-7,10,18H,8-9,11-12H2,1H3,(H,24,29,31)/t18-,22-/m0/s1. The highest BCUT2D eigenvalue weighted by molar-refractivity contribution is 6.32. The first kappa shape index (κ1) is 21.4. The Morgan fingerprint density at radius 1 is 1.12 bits per heavy atom. The number of nitro benzene ring substituents is 1. The lowest BCUT2D eigenvalue weighted by atomic mass is 9.67. The predicted octanol–water partition coefficient (Wildman–Crippen LogP) is 2.19. The van der Waals surface area contributed by atoms with Gasteiger partial charge in [0.2, 0.25) is 5.91 Å². The topological polar surface area (TPSA) is 116 Å². The molecule has 11 heteroatoms. The first-order chi connectivity index (χ1) is 15.7. The van der Waals surface area contributed by atoms with Gasteiger partial charge in [0.1, 0.15) is 0 Å². The molecule has 2 fully saturated rings. The average molecular weight is 470 g/mol. The number of imide groups is 2. The summed E-state index contributed by atoms with van der Waals surface area (Å²) in [6, 6.07) is 9.31. The molecule has 1 spiro atoms. The number of carbonyl (C=O) groups is 3. The molecular formula is C22H20ClN5O5. The Morgan fingerprint density at radius 2 is 1.85 bits per heavy atom. The molecule has 2 aromatic carbocycles. The Kier molecular flexibility index (Phi) is 4.87. The first-order valence-electron chi connectivity index (χ1n) is 10.4. The molecule has 33 heavy (non-hydrogen) atoms. The van der Waals surface area contributed by atoms with E-state index in [9.17, 15) is 24.5 Å². The fourth-order valence-electron chi connectivity index (χ4n) is 5.08. The molecule has 3 aliphatic rings. The van der Waals surface area contributed by atoms with E-state index in [0.717, 1.165) is 10.6 Å². The van der Waals surface area contributed by atoms with Gasteiger partial charge in [0, 0.05) is 48.9 Å². The lowest BCUT2D eigenvalue weighted by Crippen LogP contribution is -2.75. The van der Waals surface area contributed by atoms with Gasteiger partial charge in [-0.05, 0) is 42.9 Å². The number of nitrogens with zero attached hydrogens (tertiary/aromatic N) is 4. The van der Waals surface area contributed by atoms with Crippen LogP contribution in [0.3, 0.4) is 0 Å². The molecule has 10 nitrogen and oxygen atoms in total. The molecule has 4 amide bonds. The van der Waals surface area contributed by atoms with Gasteiger partial charge >= 0.3 is 6.03 Å². The summed E-state index contributed by atoms with van der Waals surface area (Å²) in [5, 5.41) is 14.2. The van der Waals surface area contributed by atoms with Gasteiger partial charge < -0.3 is 9.80 Å². The molecular weight excluding hydrogens is 450 g/mol. The quantitative estimate of drug-likeness (QED) is 0.407. The Hall–Kier alpha value is -3.50. The highest BCUT2D eigenvalue weighted by Gasteiger charge is 2.63. The van der Waals surface area contributed by atoms with Gasteiger partial charge in [-0.2, -0.15) is 0 Å². The molecule has 0 unspecified atom stereocenters. The molecule has 0 aromatic heterocycles. The minimum absolute atomic E-state index is 0.0545. The summed E-state index contributed by atoms with van der Waals surface area (Å²) in [5.41, 5.74) is -0.177. The van der Waals surface area contributed by atoms with Crippen LogP contribution in [-0.4, -0.2) is 60.4 Å². The molecule has 2 saturated heterocycles. The van der Waals surface area contributed by atoms with E-state index in [1.165, 1.54) is 24.3 Å². The summed E-state index contributed by atoms with van der Waals surface area (Å²) < 4.78 is 0. The second-order valence-electron chi connectivity index (χ2n) is 8.57. The summed E-state index contributed by atoms with van der Waals surface area (Å²) >= 11 is 5.97. The summed E-state index contributed by atoms with van der Waals surface area (Å²) in [6.07, 6.45) is -0.0545. The van der Waals surface area contributed by atoms with Gasteiger partial charge in [0.25, 0.3) is 11.6 Å². The molecule has 0 aliphatic carbocycles. The lowest BCUT2D eigenvalue weighted by molar-refractivity contribution is -0.384. The third-order valence-electron chi connectivity index (χ3n) is 6.70. The van der Waals surface area contributed by atoms with E-state index in [0.29, 0.717) is 30.2 Å². The number of piperazine rings is 1. The van der Waals surface area contributed by atoms with Crippen LogP contribution in [0, 0.1) is 15.5 Å². The molecule has 0 radical (unpaired) electrons. The highest BCUT2D eigenvalue weighted by atomic mass is 35.5. The molecule has 2 atom stereocenters. The number of hydrogen-bond acceptors (Lipinski definition) is 7. The monoisotopic (exact) mass is 469 g/mol. The van der Waals surface area contributed by atoms with E-state index < -0.39 is 34.2 Å². The van der Waals surface area contributed by atoms with Crippen LogP contribution < -0.4 is 15.1 Å². The van der Waals surface area contributed by atoms with Crippen molar-refractivity contribution in [2.24, 2.45) is 5.41 Å². The van der Waals surface area contributed by atoms with Crippen LogP contribution in [0.4, 0.5) is 21.9 Å². The summed E-state index contributed by atoms with van der Waals surface area (Å²) in [4.78, 5) is 56.1. The first-order valence-corrected chi connectivity index (χ1v) is 10.8. The molecule has 0 saturated carbocycles. The van der Waals surface area contributed by atoms with Crippen LogP contribution >= 0.6 is 11.6 Å². The SMILES string of the molecule is CN1CCN2c3ccc([N+](=O)[O-])cc3C[C@@]3(C(=O)NC(=O)N(c4ccc(Cl)cc4)C3=O)[C@@H]2C1. The zero-order chi connectivity index (χ0) is 23.5. The van der Waals surface area contributed by atoms with E-state index in [1.54, 1.807) is 18.2 Å². The Balaban J connectivity index is 1.68. The number of hydrogen-bond donors (Lipinski definition) is 1. The Bertz CT molecular complexity index is 1200.